The van der Waals surface area contributed by atoms with Gasteiger partial charge in [-0.2, -0.15) is 5.10 Å². The van der Waals surface area contributed by atoms with Crippen LogP contribution in [0.25, 0.3) is 17.3 Å². The molecule has 170 valence electrons. The third kappa shape index (κ3) is 4.28. The van der Waals surface area contributed by atoms with Gasteiger partial charge < -0.3 is 14.8 Å². The molecule has 2 saturated heterocycles. The lowest BCUT2D eigenvalue weighted by Crippen LogP contribution is -2.32. The van der Waals surface area contributed by atoms with Crippen molar-refractivity contribution in [2.45, 2.75) is 70.7 Å². The Labute approximate surface area is 187 Å². The summed E-state index contributed by atoms with van der Waals surface area (Å²) in [6, 6.07) is 2.18. The number of aromatic nitrogens is 3. The van der Waals surface area contributed by atoms with E-state index < -0.39 is 0 Å². The highest BCUT2D eigenvalue weighted by Gasteiger charge is 2.29. The number of carbonyl (C=O) groups is 1. The molecule has 1 N–H and O–H groups in total. The number of pyridine rings is 1. The largest absolute Gasteiger partial charge is 0.474 e. The highest BCUT2D eigenvalue weighted by molar-refractivity contribution is 5.78. The summed E-state index contributed by atoms with van der Waals surface area (Å²) in [7, 11) is 0. The highest BCUT2D eigenvalue weighted by atomic mass is 16.5. The zero-order valence-electron chi connectivity index (χ0n) is 18.8. The molecule has 0 aromatic carbocycles. The zero-order chi connectivity index (χ0) is 22.1. The number of rotatable bonds is 7. The summed E-state index contributed by atoms with van der Waals surface area (Å²) in [4.78, 5) is 21.5. The summed E-state index contributed by atoms with van der Waals surface area (Å²) in [5.41, 5.74) is 1.72. The van der Waals surface area contributed by atoms with Gasteiger partial charge in [0, 0.05) is 37.3 Å². The number of hydrogen-bond donors (Lipinski definition) is 1. The summed E-state index contributed by atoms with van der Waals surface area (Å²) in [5, 5.41) is 9.31. The number of amides is 1. The van der Waals surface area contributed by atoms with Crippen molar-refractivity contribution in [3.8, 4) is 17.1 Å². The normalized spacial score (nSPS) is 25.6. The van der Waals surface area contributed by atoms with Crippen LogP contribution in [0.1, 0.15) is 58.6 Å². The zero-order valence-corrected chi connectivity index (χ0v) is 18.8. The van der Waals surface area contributed by atoms with Gasteiger partial charge >= 0.3 is 0 Å². The second-order valence-electron chi connectivity index (χ2n) is 9.02. The van der Waals surface area contributed by atoms with Crippen LogP contribution in [-0.2, 0) is 9.53 Å². The van der Waals surface area contributed by atoms with E-state index in [2.05, 4.69) is 23.4 Å². The molecule has 3 aliphatic heterocycles. The van der Waals surface area contributed by atoms with E-state index in [0.717, 1.165) is 60.5 Å². The maximum absolute atomic E-state index is 11.7. The molecule has 2 fully saturated rings. The fraction of sp³-hybridized carbons (Fsp3) is 0.583. The van der Waals surface area contributed by atoms with Crippen LogP contribution < -0.4 is 20.6 Å². The van der Waals surface area contributed by atoms with E-state index in [1.807, 2.05) is 30.1 Å². The maximum Gasteiger partial charge on any atom is 0.223 e. The minimum absolute atomic E-state index is 0.0120. The summed E-state index contributed by atoms with van der Waals surface area (Å²) in [6.07, 6.45) is 11.6. The fourth-order valence-corrected chi connectivity index (χ4v) is 4.66. The van der Waals surface area contributed by atoms with E-state index in [-0.39, 0.29) is 30.2 Å². The van der Waals surface area contributed by atoms with Gasteiger partial charge in [0.15, 0.2) is 0 Å². The van der Waals surface area contributed by atoms with E-state index in [1.54, 1.807) is 0 Å². The monoisotopic (exact) mass is 437 g/mol. The SMILES string of the molecule is CCCC1C=c2c(OC(C)C3CNC(=O)C3)nc(-c3cnn(C4CCCCO4)c3)cc2=N1. The van der Waals surface area contributed by atoms with Crippen molar-refractivity contribution < 1.29 is 14.3 Å². The molecular weight excluding hydrogens is 406 g/mol. The van der Waals surface area contributed by atoms with Crippen LogP contribution in [0, 0.1) is 5.92 Å². The minimum Gasteiger partial charge on any atom is -0.474 e. The first kappa shape index (κ1) is 21.1. The molecule has 1 amide bonds. The average molecular weight is 438 g/mol. The third-order valence-electron chi connectivity index (χ3n) is 6.57. The van der Waals surface area contributed by atoms with E-state index in [9.17, 15) is 4.79 Å². The molecule has 2 aromatic heterocycles. The van der Waals surface area contributed by atoms with Gasteiger partial charge in [-0.3, -0.25) is 9.79 Å². The molecule has 0 saturated carbocycles. The molecule has 8 heteroatoms. The van der Waals surface area contributed by atoms with Gasteiger partial charge in [-0.15, -0.1) is 0 Å². The Morgan fingerprint density at radius 2 is 2.28 bits per heavy atom. The van der Waals surface area contributed by atoms with Crippen LogP contribution in [0.5, 0.6) is 5.88 Å². The molecule has 32 heavy (non-hydrogen) atoms. The van der Waals surface area contributed by atoms with E-state index in [1.165, 1.54) is 0 Å². The van der Waals surface area contributed by atoms with Crippen molar-refractivity contribution in [1.82, 2.24) is 20.1 Å². The number of fused-ring (bicyclic) bond motifs is 1. The van der Waals surface area contributed by atoms with E-state index >= 15 is 0 Å². The molecule has 5 rings (SSSR count). The molecule has 5 heterocycles. The Hall–Kier alpha value is -2.74. The molecule has 2 aromatic rings. The fourth-order valence-electron chi connectivity index (χ4n) is 4.66. The molecule has 4 unspecified atom stereocenters. The van der Waals surface area contributed by atoms with Gasteiger partial charge in [-0.05, 0) is 44.7 Å². The smallest absolute Gasteiger partial charge is 0.223 e. The van der Waals surface area contributed by atoms with Crippen LogP contribution in [0.15, 0.2) is 23.5 Å². The summed E-state index contributed by atoms with van der Waals surface area (Å²) < 4.78 is 14.1. The molecule has 0 spiro atoms. The molecule has 3 aliphatic rings. The van der Waals surface area contributed by atoms with Gasteiger partial charge in [-0.1, -0.05) is 13.3 Å². The first-order chi connectivity index (χ1) is 15.6. The lowest BCUT2D eigenvalue weighted by Gasteiger charge is -2.22. The lowest BCUT2D eigenvalue weighted by atomic mass is 10.0. The Bertz CT molecular complexity index is 1110. The van der Waals surface area contributed by atoms with Crippen molar-refractivity contribution in [2.75, 3.05) is 13.2 Å². The van der Waals surface area contributed by atoms with Crippen molar-refractivity contribution in [2.24, 2.45) is 10.9 Å². The number of nitrogens with one attached hydrogen (secondary N) is 1. The third-order valence-corrected chi connectivity index (χ3v) is 6.57. The van der Waals surface area contributed by atoms with Crippen LogP contribution in [0.4, 0.5) is 0 Å². The van der Waals surface area contributed by atoms with Crippen molar-refractivity contribution in [1.29, 1.82) is 0 Å². The second kappa shape index (κ2) is 9.02. The first-order valence-corrected chi connectivity index (χ1v) is 11.8. The predicted molar refractivity (Wildman–Crippen MR) is 119 cm³/mol. The topological polar surface area (TPSA) is 90.6 Å². The number of carbonyl (C=O) groups excluding carboxylic acids is 1. The van der Waals surface area contributed by atoms with E-state index in [0.29, 0.717) is 18.8 Å². The van der Waals surface area contributed by atoms with Crippen molar-refractivity contribution in [3.63, 3.8) is 0 Å². The lowest BCUT2D eigenvalue weighted by molar-refractivity contribution is -0.119. The molecule has 0 radical (unpaired) electrons. The van der Waals surface area contributed by atoms with Crippen LogP contribution >= 0.6 is 0 Å². The van der Waals surface area contributed by atoms with Crippen molar-refractivity contribution in [3.05, 3.63) is 29.0 Å². The van der Waals surface area contributed by atoms with Gasteiger partial charge in [0.05, 0.1) is 28.5 Å². The van der Waals surface area contributed by atoms with Gasteiger partial charge in [0.2, 0.25) is 11.8 Å². The highest BCUT2D eigenvalue weighted by Crippen LogP contribution is 2.25. The molecule has 0 aliphatic carbocycles. The predicted octanol–water partition coefficient (Wildman–Crippen LogP) is 2.13. The standard InChI is InChI=1S/C24H31N5O3/c1-3-6-18-10-19-21(27-18)11-20(17-13-26-29(14-17)23-7-4-5-8-31-23)28-24(19)32-15(2)16-9-22(30)25-12-16/h10-11,13-16,18,23H,3-9,12H2,1-2H3,(H,25,30). The van der Waals surface area contributed by atoms with Crippen LogP contribution in [0.2, 0.25) is 0 Å². The van der Waals surface area contributed by atoms with E-state index in [4.69, 9.17) is 19.5 Å². The van der Waals surface area contributed by atoms with Gasteiger partial charge in [-0.25, -0.2) is 9.67 Å². The molecule has 4 atom stereocenters. The first-order valence-electron chi connectivity index (χ1n) is 11.8. The molecule has 0 bridgehead atoms. The molecule has 8 nitrogen and oxygen atoms in total. The maximum atomic E-state index is 11.7. The number of ether oxygens (including phenoxy) is 2. The summed E-state index contributed by atoms with van der Waals surface area (Å²) in [5.74, 6) is 0.812. The van der Waals surface area contributed by atoms with Crippen LogP contribution in [-0.4, -0.2) is 46.0 Å². The quantitative estimate of drug-likeness (QED) is 0.717. The van der Waals surface area contributed by atoms with Gasteiger partial charge in [0.1, 0.15) is 12.3 Å². The van der Waals surface area contributed by atoms with Crippen molar-refractivity contribution >= 4 is 12.0 Å². The van der Waals surface area contributed by atoms with Crippen LogP contribution in [0.3, 0.4) is 0 Å². The molecular formula is C24H31N5O3. The Morgan fingerprint density at radius 3 is 3.03 bits per heavy atom. The average Bonchev–Trinajstić information content (AvgIpc) is 3.54. The number of hydrogen-bond acceptors (Lipinski definition) is 6. The summed E-state index contributed by atoms with van der Waals surface area (Å²) >= 11 is 0. The Balaban J connectivity index is 1.47. The second-order valence-corrected chi connectivity index (χ2v) is 9.02. The number of nitrogens with zero attached hydrogens (tertiary/aromatic N) is 4. The summed E-state index contributed by atoms with van der Waals surface area (Å²) in [6.45, 7) is 5.60. The Morgan fingerprint density at radius 1 is 1.38 bits per heavy atom. The Kier molecular flexibility index (Phi) is 5.95. The minimum atomic E-state index is -0.127. The van der Waals surface area contributed by atoms with Gasteiger partial charge in [0.25, 0.3) is 0 Å².